The van der Waals surface area contributed by atoms with E-state index in [-0.39, 0.29) is 5.91 Å². The van der Waals surface area contributed by atoms with Gasteiger partial charge in [-0.3, -0.25) is 19.8 Å². The molecule has 2 amide bonds. The quantitative estimate of drug-likeness (QED) is 0.457. The smallest absolute Gasteiger partial charge is 0.260 e. The van der Waals surface area contributed by atoms with Gasteiger partial charge < -0.3 is 5.32 Å². The first-order chi connectivity index (χ1) is 15.1. The summed E-state index contributed by atoms with van der Waals surface area (Å²) in [7, 11) is 2.17. The molecular formula is C25H23N3O2S. The summed E-state index contributed by atoms with van der Waals surface area (Å²) in [6, 6.07) is 18.5. The molecule has 0 spiro atoms. The van der Waals surface area contributed by atoms with Crippen LogP contribution in [-0.4, -0.2) is 30.3 Å². The van der Waals surface area contributed by atoms with E-state index < -0.39 is 5.91 Å². The zero-order chi connectivity index (χ0) is 21.4. The van der Waals surface area contributed by atoms with Crippen molar-refractivity contribution in [3.05, 3.63) is 82.9 Å². The Balaban J connectivity index is 1.43. The van der Waals surface area contributed by atoms with Gasteiger partial charge in [0.25, 0.3) is 11.8 Å². The zero-order valence-corrected chi connectivity index (χ0v) is 18.0. The lowest BCUT2D eigenvalue weighted by Gasteiger charge is -2.20. The lowest BCUT2D eigenvalue weighted by molar-refractivity contribution is -0.114. The van der Waals surface area contributed by atoms with Gasteiger partial charge in [-0.1, -0.05) is 24.3 Å². The zero-order valence-electron chi connectivity index (χ0n) is 17.2. The van der Waals surface area contributed by atoms with Crippen molar-refractivity contribution in [1.29, 1.82) is 0 Å². The number of rotatable bonds is 4. The monoisotopic (exact) mass is 429 g/mol. The molecule has 0 saturated carbocycles. The fourth-order valence-corrected chi connectivity index (χ4v) is 5.08. The van der Waals surface area contributed by atoms with Gasteiger partial charge in [0.1, 0.15) is 0 Å². The van der Waals surface area contributed by atoms with Gasteiger partial charge in [0.05, 0.1) is 5.57 Å². The molecule has 1 saturated heterocycles. The molecule has 1 fully saturated rings. The number of carbonyl (C=O) groups excluding carboxylic acids is 2. The lowest BCUT2D eigenvalue weighted by atomic mass is 9.93. The molecule has 5 rings (SSSR count). The molecule has 3 heterocycles. The highest BCUT2D eigenvalue weighted by Crippen LogP contribution is 2.33. The van der Waals surface area contributed by atoms with Crippen LogP contribution in [0.15, 0.2) is 66.2 Å². The van der Waals surface area contributed by atoms with Crippen molar-refractivity contribution in [3.63, 3.8) is 0 Å². The summed E-state index contributed by atoms with van der Waals surface area (Å²) in [4.78, 5) is 28.4. The minimum absolute atomic E-state index is 0.361. The number of likely N-dealkylation sites (tertiary alicyclic amines) is 1. The molecule has 2 N–H and O–H groups in total. The maximum absolute atomic E-state index is 12.6. The first kappa shape index (κ1) is 19.7. The Morgan fingerprint density at radius 1 is 1.06 bits per heavy atom. The predicted octanol–water partition coefficient (Wildman–Crippen LogP) is 4.90. The topological polar surface area (TPSA) is 61.4 Å². The highest BCUT2D eigenvalue weighted by Gasteiger charge is 2.28. The number of carbonyl (C=O) groups is 2. The second-order valence-corrected chi connectivity index (χ2v) is 8.93. The third-order valence-corrected chi connectivity index (χ3v) is 6.95. The summed E-state index contributed by atoms with van der Waals surface area (Å²) in [5.41, 5.74) is 4.81. The molecule has 1 unspecified atom stereocenters. The van der Waals surface area contributed by atoms with Crippen molar-refractivity contribution in [3.8, 4) is 10.4 Å². The molecule has 31 heavy (non-hydrogen) atoms. The SMILES string of the molecule is CN1CCCC1c1ccc(NC=C2C(=O)NC(=O)c3ccc(-c4cccs4)cc32)cc1. The number of nitrogens with one attached hydrogen (secondary N) is 2. The number of anilines is 1. The van der Waals surface area contributed by atoms with Crippen LogP contribution in [0.25, 0.3) is 16.0 Å². The largest absolute Gasteiger partial charge is 0.361 e. The van der Waals surface area contributed by atoms with Gasteiger partial charge in [-0.15, -0.1) is 11.3 Å². The fraction of sp³-hybridized carbons (Fsp3) is 0.200. The third kappa shape index (κ3) is 3.80. The molecule has 0 radical (unpaired) electrons. The summed E-state index contributed by atoms with van der Waals surface area (Å²) >= 11 is 1.63. The molecule has 156 valence electrons. The highest BCUT2D eigenvalue weighted by atomic mass is 32.1. The van der Waals surface area contributed by atoms with E-state index in [0.29, 0.717) is 22.7 Å². The first-order valence-electron chi connectivity index (χ1n) is 10.4. The summed E-state index contributed by atoms with van der Waals surface area (Å²) in [5.74, 6) is -0.752. The predicted molar refractivity (Wildman–Crippen MR) is 125 cm³/mol. The molecule has 1 aromatic heterocycles. The molecule has 0 bridgehead atoms. The minimum atomic E-state index is -0.391. The van der Waals surface area contributed by atoms with Gasteiger partial charge in [0.15, 0.2) is 0 Å². The Labute approximate surface area is 185 Å². The van der Waals surface area contributed by atoms with Crippen molar-refractivity contribution in [1.82, 2.24) is 10.2 Å². The number of benzene rings is 2. The van der Waals surface area contributed by atoms with E-state index in [1.54, 1.807) is 23.6 Å². The fourth-order valence-electron chi connectivity index (χ4n) is 4.35. The average Bonchev–Trinajstić information content (AvgIpc) is 3.46. The average molecular weight is 430 g/mol. The molecule has 2 aliphatic heterocycles. The summed E-state index contributed by atoms with van der Waals surface area (Å²) in [5, 5.41) is 7.69. The van der Waals surface area contributed by atoms with Crippen molar-refractivity contribution >= 4 is 34.4 Å². The number of imide groups is 1. The molecule has 2 aromatic carbocycles. The van der Waals surface area contributed by atoms with Gasteiger partial charge in [-0.2, -0.15) is 0 Å². The van der Waals surface area contributed by atoms with Crippen molar-refractivity contribution in [2.75, 3.05) is 18.9 Å². The van der Waals surface area contributed by atoms with E-state index in [1.165, 1.54) is 18.4 Å². The van der Waals surface area contributed by atoms with E-state index in [9.17, 15) is 9.59 Å². The van der Waals surface area contributed by atoms with Crippen LogP contribution in [0.5, 0.6) is 0 Å². The Kier molecular flexibility index (Phi) is 5.18. The van der Waals surface area contributed by atoms with Crippen LogP contribution in [0.3, 0.4) is 0 Å². The second kappa shape index (κ2) is 8.13. The molecule has 3 aromatic rings. The van der Waals surface area contributed by atoms with E-state index in [2.05, 4.69) is 34.7 Å². The lowest BCUT2D eigenvalue weighted by Crippen LogP contribution is -2.36. The van der Waals surface area contributed by atoms with Crippen molar-refractivity contribution in [2.24, 2.45) is 0 Å². The Morgan fingerprint density at radius 3 is 2.61 bits per heavy atom. The minimum Gasteiger partial charge on any atom is -0.361 e. The molecule has 6 heteroatoms. The van der Waals surface area contributed by atoms with Gasteiger partial charge in [0.2, 0.25) is 0 Å². The van der Waals surface area contributed by atoms with Crippen LogP contribution in [0, 0.1) is 0 Å². The number of fused-ring (bicyclic) bond motifs is 1. The van der Waals surface area contributed by atoms with E-state index in [4.69, 9.17) is 0 Å². The second-order valence-electron chi connectivity index (χ2n) is 7.98. The standard InChI is InChI=1S/C25H23N3O2S/c1-28-12-2-4-22(28)16-6-9-18(10-7-16)26-15-21-20-14-17(23-5-3-13-31-23)8-11-19(20)24(29)27-25(21)30/h3,5-11,13-15,22,26H,2,4,12H2,1H3,(H,27,29,30). The summed E-state index contributed by atoms with van der Waals surface area (Å²) in [6.07, 6.45) is 4.11. The van der Waals surface area contributed by atoms with E-state index in [1.807, 2.05) is 41.8 Å². The van der Waals surface area contributed by atoms with E-state index >= 15 is 0 Å². The molecule has 1 atom stereocenters. The van der Waals surface area contributed by atoms with Gasteiger partial charge in [-0.05, 0) is 73.3 Å². The Morgan fingerprint density at radius 2 is 1.90 bits per heavy atom. The summed E-state index contributed by atoms with van der Waals surface area (Å²) in [6.45, 7) is 1.14. The van der Waals surface area contributed by atoms with Crippen molar-refractivity contribution < 1.29 is 9.59 Å². The maximum atomic E-state index is 12.6. The van der Waals surface area contributed by atoms with Crippen LogP contribution in [0.2, 0.25) is 0 Å². The van der Waals surface area contributed by atoms with Crippen molar-refractivity contribution in [2.45, 2.75) is 18.9 Å². The number of hydrogen-bond acceptors (Lipinski definition) is 5. The molecular weight excluding hydrogens is 406 g/mol. The van der Waals surface area contributed by atoms with Gasteiger partial charge in [0, 0.05) is 33.9 Å². The van der Waals surface area contributed by atoms with Crippen LogP contribution in [0.1, 0.15) is 40.4 Å². The number of hydrogen-bond donors (Lipinski definition) is 2. The van der Waals surface area contributed by atoms with Crippen LogP contribution in [0.4, 0.5) is 5.69 Å². The third-order valence-electron chi connectivity index (χ3n) is 6.03. The highest BCUT2D eigenvalue weighted by molar-refractivity contribution is 7.13. The molecule has 2 aliphatic rings. The molecule has 5 nitrogen and oxygen atoms in total. The van der Waals surface area contributed by atoms with Crippen LogP contribution in [-0.2, 0) is 4.79 Å². The number of amides is 2. The van der Waals surface area contributed by atoms with E-state index in [0.717, 1.165) is 22.7 Å². The van der Waals surface area contributed by atoms with Gasteiger partial charge in [-0.25, -0.2) is 0 Å². The normalized spacial score (nSPS) is 20.0. The number of thiophene rings is 1. The van der Waals surface area contributed by atoms with Gasteiger partial charge >= 0.3 is 0 Å². The molecule has 0 aliphatic carbocycles. The van der Waals surface area contributed by atoms with Crippen LogP contribution < -0.4 is 10.6 Å². The number of nitrogens with zero attached hydrogens (tertiary/aromatic N) is 1. The Hall–Kier alpha value is -3.22. The summed E-state index contributed by atoms with van der Waals surface area (Å²) < 4.78 is 0. The van der Waals surface area contributed by atoms with Crippen LogP contribution >= 0.6 is 11.3 Å². The first-order valence-corrected chi connectivity index (χ1v) is 11.3. The Bertz CT molecular complexity index is 1170. The maximum Gasteiger partial charge on any atom is 0.260 e.